The molecule has 172 valence electrons. The Morgan fingerprint density at radius 2 is 0.857 bits per heavy atom. The molecular weight excluding hydrogens is 503 g/mol. The molecule has 2 atom stereocenters. The van der Waals surface area contributed by atoms with Crippen LogP contribution in [0.25, 0.3) is 23.3 Å². The fourth-order valence-electron chi connectivity index (χ4n) is 5.17. The fourth-order valence-corrected chi connectivity index (χ4v) is 8.41. The van der Waals surface area contributed by atoms with Gasteiger partial charge in [-0.05, 0) is 0 Å². The summed E-state index contributed by atoms with van der Waals surface area (Å²) in [6, 6.07) is 36.3. The second kappa shape index (κ2) is 10.7. The summed E-state index contributed by atoms with van der Waals surface area (Å²) in [5, 5.41) is 0. The van der Waals surface area contributed by atoms with Gasteiger partial charge in [0.2, 0.25) is 0 Å². The van der Waals surface area contributed by atoms with Gasteiger partial charge >= 0.3 is 206 Å². The summed E-state index contributed by atoms with van der Waals surface area (Å²) < 4.78 is 1.02. The molecule has 6 rings (SSSR count). The third kappa shape index (κ3) is 4.86. The Kier molecular flexibility index (Phi) is 7.89. The van der Waals surface area contributed by atoms with Crippen molar-refractivity contribution >= 4 is 23.3 Å². The Morgan fingerprint density at radius 3 is 1.26 bits per heavy atom. The topological polar surface area (TPSA) is 0 Å². The third-order valence-corrected chi connectivity index (χ3v) is 9.94. The van der Waals surface area contributed by atoms with Crippen LogP contribution in [0.4, 0.5) is 0 Å². The summed E-state index contributed by atoms with van der Waals surface area (Å²) in [5.74, 6) is 0. The Hall–Kier alpha value is -2.35. The van der Waals surface area contributed by atoms with E-state index in [0.717, 1.165) is 0 Å². The molecule has 0 aromatic heterocycles. The maximum absolute atomic E-state index is 2.45. The Labute approximate surface area is 229 Å². The average Bonchev–Trinajstić information content (AvgIpc) is 3.39. The molecule has 0 bridgehead atoms. The smallest absolute Gasteiger partial charge is 1.00 e. The minimum atomic E-state index is -0.425. The number of halogens is 2. The van der Waals surface area contributed by atoms with Gasteiger partial charge in [0.15, 0.2) is 0 Å². The number of benzene rings is 4. The van der Waals surface area contributed by atoms with Crippen molar-refractivity contribution in [2.24, 2.45) is 0 Å². The van der Waals surface area contributed by atoms with Gasteiger partial charge in [-0.3, -0.25) is 0 Å². The van der Waals surface area contributed by atoms with Gasteiger partial charge in [0, 0.05) is 0 Å². The fraction of sp³-hybridized carbons (Fsp3) is 0.125. The molecule has 0 aliphatic heterocycles. The van der Waals surface area contributed by atoms with Crippen LogP contribution in [-0.4, -0.2) is 0 Å². The Balaban J connectivity index is 0.00000144. The van der Waals surface area contributed by atoms with Gasteiger partial charge in [-0.1, -0.05) is 0 Å². The largest absolute Gasteiger partial charge is 1.00 e. The molecule has 35 heavy (non-hydrogen) atoms. The average molecular weight is 529 g/mol. The third-order valence-electron chi connectivity index (χ3n) is 6.96. The van der Waals surface area contributed by atoms with E-state index in [1.165, 1.54) is 55.7 Å². The first-order chi connectivity index (χ1) is 16.2. The van der Waals surface area contributed by atoms with Gasteiger partial charge in [0.05, 0.1) is 0 Å². The summed E-state index contributed by atoms with van der Waals surface area (Å²) in [6.07, 6.45) is 4.90. The van der Waals surface area contributed by atoms with Crippen LogP contribution in [0.15, 0.2) is 97.1 Å². The van der Waals surface area contributed by atoms with Crippen molar-refractivity contribution in [2.45, 2.75) is 22.3 Å². The zero-order valence-electron chi connectivity index (χ0n) is 19.8. The molecule has 2 aliphatic carbocycles. The number of hydrogen-bond acceptors (Lipinski definition) is 0. The van der Waals surface area contributed by atoms with Crippen molar-refractivity contribution in [3.05, 3.63) is 142 Å². The molecule has 0 saturated carbocycles. The zero-order valence-corrected chi connectivity index (χ0v) is 22.9. The van der Waals surface area contributed by atoms with Crippen LogP contribution in [0.2, 0.25) is 0 Å². The van der Waals surface area contributed by atoms with Gasteiger partial charge in [-0.25, -0.2) is 0 Å². The minimum Gasteiger partial charge on any atom is -1.00 e. The SMILES string of the molecule is Cc1ccc(C2=Cc3ccccc3[CH]2[Ti+2][CH]2C(c3ccc(C)cc3)=Cc3ccccc32)cc1.[Cl-].[Cl-]. The normalized spacial score (nSPS) is 17.2. The van der Waals surface area contributed by atoms with Gasteiger partial charge in [0.1, 0.15) is 0 Å². The molecule has 2 unspecified atom stereocenters. The molecule has 0 spiro atoms. The van der Waals surface area contributed by atoms with E-state index in [4.69, 9.17) is 0 Å². The maximum Gasteiger partial charge on any atom is -1.00 e. The van der Waals surface area contributed by atoms with Crippen molar-refractivity contribution in [1.29, 1.82) is 0 Å². The Morgan fingerprint density at radius 1 is 0.486 bits per heavy atom. The summed E-state index contributed by atoms with van der Waals surface area (Å²) in [4.78, 5) is 0. The van der Waals surface area contributed by atoms with E-state index in [9.17, 15) is 0 Å². The predicted octanol–water partition coefficient (Wildman–Crippen LogP) is 2.28. The second-order valence-corrected chi connectivity index (χ2v) is 11.5. The summed E-state index contributed by atoms with van der Waals surface area (Å²) in [5.41, 5.74) is 14.2. The van der Waals surface area contributed by atoms with E-state index in [-0.39, 0.29) is 24.8 Å². The molecule has 0 N–H and O–H groups in total. The van der Waals surface area contributed by atoms with Crippen LogP contribution in [0.1, 0.15) is 53.0 Å². The molecule has 0 saturated heterocycles. The quantitative estimate of drug-likeness (QED) is 0.356. The molecule has 2 aliphatic rings. The van der Waals surface area contributed by atoms with Crippen LogP contribution >= 0.6 is 0 Å². The van der Waals surface area contributed by atoms with E-state index in [1.54, 1.807) is 0 Å². The standard InChI is InChI=1S/2C16H13.2ClH.Ti/c2*1-12-6-8-13(9-7-12)16-10-14-4-2-3-5-15(14)11-16;;;/h2*2-11H,1H3;2*1H;/q;;;;+2/p-2. The van der Waals surface area contributed by atoms with Crippen LogP contribution in [-0.2, 0) is 19.2 Å². The molecule has 0 amide bonds. The molecule has 4 aromatic rings. The van der Waals surface area contributed by atoms with Crippen LogP contribution in [0, 0.1) is 13.8 Å². The van der Waals surface area contributed by atoms with Crippen LogP contribution < -0.4 is 24.8 Å². The number of rotatable bonds is 4. The van der Waals surface area contributed by atoms with E-state index < -0.39 is 19.2 Å². The summed E-state index contributed by atoms with van der Waals surface area (Å²) in [7, 11) is 0. The van der Waals surface area contributed by atoms with Crippen LogP contribution in [0.5, 0.6) is 0 Å². The zero-order chi connectivity index (χ0) is 22.4. The maximum atomic E-state index is 2.45. The molecular formula is C32H26Cl2Ti. The summed E-state index contributed by atoms with van der Waals surface area (Å²) in [6.45, 7) is 4.34. The first-order valence-electron chi connectivity index (χ1n) is 11.7. The predicted molar refractivity (Wildman–Crippen MR) is 136 cm³/mol. The number of fused-ring (bicyclic) bond motifs is 2. The van der Waals surface area contributed by atoms with Crippen molar-refractivity contribution in [3.8, 4) is 0 Å². The molecule has 4 aromatic carbocycles. The van der Waals surface area contributed by atoms with E-state index in [0.29, 0.717) is 8.45 Å². The first-order valence-corrected chi connectivity index (χ1v) is 13.5. The first kappa shape index (κ1) is 25.7. The van der Waals surface area contributed by atoms with Crippen molar-refractivity contribution in [1.82, 2.24) is 0 Å². The van der Waals surface area contributed by atoms with Gasteiger partial charge in [-0.15, -0.1) is 0 Å². The van der Waals surface area contributed by atoms with Crippen molar-refractivity contribution in [2.75, 3.05) is 0 Å². The minimum absolute atomic E-state index is 0. The Bertz CT molecular complexity index is 1290. The number of aryl methyl sites for hydroxylation is 2. The summed E-state index contributed by atoms with van der Waals surface area (Å²) >= 11 is -0.425. The van der Waals surface area contributed by atoms with Gasteiger partial charge in [0.25, 0.3) is 0 Å². The van der Waals surface area contributed by atoms with Crippen LogP contribution in [0.3, 0.4) is 0 Å². The molecule has 0 fully saturated rings. The van der Waals surface area contributed by atoms with E-state index >= 15 is 0 Å². The molecule has 0 heterocycles. The molecule has 0 nitrogen and oxygen atoms in total. The van der Waals surface area contributed by atoms with E-state index in [2.05, 4.69) is 123 Å². The monoisotopic (exact) mass is 528 g/mol. The number of hydrogen-bond donors (Lipinski definition) is 0. The second-order valence-electron chi connectivity index (χ2n) is 9.22. The van der Waals surface area contributed by atoms with Gasteiger partial charge in [-0.2, -0.15) is 0 Å². The van der Waals surface area contributed by atoms with Crippen molar-refractivity contribution in [3.63, 3.8) is 0 Å². The van der Waals surface area contributed by atoms with Crippen molar-refractivity contribution < 1.29 is 44.0 Å². The van der Waals surface area contributed by atoms with Gasteiger partial charge < -0.3 is 24.8 Å². The van der Waals surface area contributed by atoms with E-state index in [1.807, 2.05) is 0 Å². The molecule has 0 radical (unpaired) electrons. The molecule has 3 heteroatoms. The number of allylic oxidation sites excluding steroid dienone is 2.